The molecule has 4 rings (SSSR count). The molecule has 10 heteroatoms. The van der Waals surface area contributed by atoms with Crippen molar-refractivity contribution < 1.29 is 28.7 Å². The topological polar surface area (TPSA) is 90.0 Å². The summed E-state index contributed by atoms with van der Waals surface area (Å²) in [5.74, 6) is -2.47. The van der Waals surface area contributed by atoms with Crippen LogP contribution in [0.15, 0.2) is 66.7 Å². The van der Waals surface area contributed by atoms with Crippen LogP contribution in [0.25, 0.3) is 0 Å². The fourth-order valence-electron chi connectivity index (χ4n) is 3.62. The summed E-state index contributed by atoms with van der Waals surface area (Å²) in [6, 6.07) is 16.9. The maximum Gasteiger partial charge on any atom is 0.345 e. The molecule has 0 spiro atoms. The van der Waals surface area contributed by atoms with Gasteiger partial charge in [-0.25, -0.2) is 4.79 Å². The van der Waals surface area contributed by atoms with Crippen LogP contribution in [0.2, 0.25) is 15.1 Å². The molecule has 1 amide bonds. The van der Waals surface area contributed by atoms with Crippen LogP contribution in [-0.4, -0.2) is 36.8 Å². The molecule has 1 saturated heterocycles. The van der Waals surface area contributed by atoms with Crippen LogP contribution in [-0.2, 0) is 14.3 Å². The molecule has 3 aromatic carbocycles. The number of anilines is 1. The Morgan fingerprint density at radius 1 is 0.917 bits per heavy atom. The Morgan fingerprint density at radius 2 is 1.64 bits per heavy atom. The first-order chi connectivity index (χ1) is 17.2. The molecule has 0 N–H and O–H groups in total. The summed E-state index contributed by atoms with van der Waals surface area (Å²) in [5, 5.41) is 1.02. The number of esters is 2. The lowest BCUT2D eigenvalue weighted by Gasteiger charge is -2.16. The molecule has 1 heterocycles. The molecule has 1 atom stereocenters. The van der Waals surface area contributed by atoms with Gasteiger partial charge in [0, 0.05) is 34.3 Å². The molecule has 0 radical (unpaired) electrons. The fourth-order valence-corrected chi connectivity index (χ4v) is 4.29. The van der Waals surface area contributed by atoms with E-state index >= 15 is 0 Å². The Hall–Kier alpha value is -3.39. The van der Waals surface area contributed by atoms with E-state index in [0.717, 1.165) is 0 Å². The van der Waals surface area contributed by atoms with E-state index in [9.17, 15) is 19.2 Å². The molecular formula is C26H18Cl3NO6. The van der Waals surface area contributed by atoms with Gasteiger partial charge in [-0.15, -0.1) is 0 Å². The van der Waals surface area contributed by atoms with Crippen LogP contribution >= 0.6 is 34.8 Å². The maximum atomic E-state index is 12.5. The third kappa shape index (κ3) is 6.05. The van der Waals surface area contributed by atoms with Gasteiger partial charge in [0.2, 0.25) is 5.91 Å². The van der Waals surface area contributed by atoms with Crippen LogP contribution in [0, 0.1) is 5.92 Å². The van der Waals surface area contributed by atoms with Crippen molar-refractivity contribution in [2.45, 2.75) is 6.42 Å². The van der Waals surface area contributed by atoms with Crippen molar-refractivity contribution >= 4 is 64.1 Å². The highest BCUT2D eigenvalue weighted by molar-refractivity contribution is 6.36. The van der Waals surface area contributed by atoms with E-state index in [0.29, 0.717) is 15.7 Å². The predicted molar refractivity (Wildman–Crippen MR) is 135 cm³/mol. The van der Waals surface area contributed by atoms with Crippen LogP contribution < -0.4 is 9.64 Å². The number of carbonyl (C=O) groups is 4. The fraction of sp³-hybridized carbons (Fsp3) is 0.154. The number of rotatable bonds is 7. The number of halogens is 3. The number of nitrogens with zero attached hydrogens (tertiary/aromatic N) is 1. The molecule has 184 valence electrons. The van der Waals surface area contributed by atoms with E-state index < -0.39 is 30.2 Å². The van der Waals surface area contributed by atoms with Crippen LogP contribution in [0.3, 0.4) is 0 Å². The molecule has 3 aromatic rings. The van der Waals surface area contributed by atoms with Crippen LogP contribution in [0.4, 0.5) is 5.69 Å². The first kappa shape index (κ1) is 25.7. The average Bonchev–Trinajstić information content (AvgIpc) is 3.24. The number of carbonyl (C=O) groups excluding carboxylic acids is 4. The molecule has 0 unspecified atom stereocenters. The molecule has 0 bridgehead atoms. The zero-order chi connectivity index (χ0) is 25.8. The largest absolute Gasteiger partial charge is 0.457 e. The Bertz CT molecular complexity index is 1340. The Labute approximate surface area is 221 Å². The highest BCUT2D eigenvalue weighted by Gasteiger charge is 2.36. The Kier molecular flexibility index (Phi) is 7.94. The third-order valence-electron chi connectivity index (χ3n) is 5.46. The van der Waals surface area contributed by atoms with Crippen molar-refractivity contribution in [3.63, 3.8) is 0 Å². The van der Waals surface area contributed by atoms with Crippen molar-refractivity contribution in [3.8, 4) is 5.75 Å². The molecule has 36 heavy (non-hydrogen) atoms. The average molecular weight is 547 g/mol. The van der Waals surface area contributed by atoms with Gasteiger partial charge in [-0.1, -0.05) is 40.9 Å². The van der Waals surface area contributed by atoms with Gasteiger partial charge in [0.1, 0.15) is 5.75 Å². The minimum Gasteiger partial charge on any atom is -0.457 e. The van der Waals surface area contributed by atoms with Crippen molar-refractivity contribution in [3.05, 3.63) is 92.9 Å². The molecule has 1 aliphatic heterocycles. The summed E-state index contributed by atoms with van der Waals surface area (Å²) in [7, 11) is 0. The second kappa shape index (κ2) is 11.1. The summed E-state index contributed by atoms with van der Waals surface area (Å²) < 4.78 is 10.4. The molecular weight excluding hydrogens is 529 g/mol. The van der Waals surface area contributed by atoms with Crippen molar-refractivity contribution in [2.75, 3.05) is 18.1 Å². The minimum absolute atomic E-state index is 0.0166. The van der Waals surface area contributed by atoms with Crippen molar-refractivity contribution in [1.82, 2.24) is 0 Å². The monoisotopic (exact) mass is 545 g/mol. The number of Topliss-reactive ketones (excluding diaryl/α,β-unsaturated/α-hetero) is 1. The van der Waals surface area contributed by atoms with E-state index in [2.05, 4.69) is 0 Å². The Morgan fingerprint density at radius 3 is 2.33 bits per heavy atom. The number of benzene rings is 3. The van der Waals surface area contributed by atoms with Gasteiger partial charge < -0.3 is 14.4 Å². The molecule has 0 aliphatic carbocycles. The second-order valence-electron chi connectivity index (χ2n) is 7.95. The van der Waals surface area contributed by atoms with Gasteiger partial charge in [0.15, 0.2) is 12.4 Å². The number of hydrogen-bond acceptors (Lipinski definition) is 6. The van der Waals surface area contributed by atoms with Gasteiger partial charge in [-0.05, 0) is 60.7 Å². The normalized spacial score (nSPS) is 15.0. The number of ether oxygens (including phenoxy) is 2. The van der Waals surface area contributed by atoms with Crippen molar-refractivity contribution in [2.24, 2.45) is 5.92 Å². The highest BCUT2D eigenvalue weighted by atomic mass is 35.5. The molecule has 0 saturated carbocycles. The van der Waals surface area contributed by atoms with E-state index in [4.69, 9.17) is 44.3 Å². The molecule has 1 aliphatic rings. The summed E-state index contributed by atoms with van der Waals surface area (Å²) in [4.78, 5) is 51.1. The summed E-state index contributed by atoms with van der Waals surface area (Å²) >= 11 is 17.8. The summed E-state index contributed by atoms with van der Waals surface area (Å²) in [6.07, 6.45) is -0.0166. The maximum absolute atomic E-state index is 12.5. The van der Waals surface area contributed by atoms with Gasteiger partial charge in [-0.2, -0.15) is 0 Å². The van der Waals surface area contributed by atoms with Gasteiger partial charge in [0.05, 0.1) is 16.5 Å². The van der Waals surface area contributed by atoms with E-state index in [1.165, 1.54) is 47.4 Å². The molecule has 7 nitrogen and oxygen atoms in total. The lowest BCUT2D eigenvalue weighted by Crippen LogP contribution is -2.27. The van der Waals surface area contributed by atoms with Crippen LogP contribution in [0.5, 0.6) is 5.75 Å². The minimum atomic E-state index is -0.689. The molecule has 0 aromatic heterocycles. The zero-order valence-corrected chi connectivity index (χ0v) is 20.8. The number of hydrogen-bond donors (Lipinski definition) is 0. The lowest BCUT2D eigenvalue weighted by molar-refractivity contribution is -0.147. The van der Waals surface area contributed by atoms with E-state index in [1.807, 2.05) is 0 Å². The molecule has 1 fully saturated rings. The predicted octanol–water partition coefficient (Wildman–Crippen LogP) is 5.65. The first-order valence-corrected chi connectivity index (χ1v) is 11.9. The van der Waals surface area contributed by atoms with Crippen LogP contribution in [0.1, 0.15) is 27.1 Å². The smallest absolute Gasteiger partial charge is 0.345 e. The standard InChI is InChI=1S/C26H18Cl3NO6/c27-17-2-1-3-19(11-17)30-13-16(10-24(30)32)25(33)35-14-23(31)15-4-7-20(8-5-15)36-26(34)21-9-6-18(28)12-22(21)29/h1-9,11-12,16H,10,13-14H2/t16-/m0/s1. The van der Waals surface area contributed by atoms with Gasteiger partial charge in [-0.3, -0.25) is 14.4 Å². The van der Waals surface area contributed by atoms with Gasteiger partial charge in [0.25, 0.3) is 0 Å². The Balaban J connectivity index is 1.30. The summed E-state index contributed by atoms with van der Waals surface area (Å²) in [5.41, 5.74) is 1.00. The van der Waals surface area contributed by atoms with E-state index in [1.54, 1.807) is 24.3 Å². The quantitative estimate of drug-likeness (QED) is 0.216. The SMILES string of the molecule is O=C(COC(=O)[C@H]1CC(=O)N(c2cccc(Cl)c2)C1)c1ccc(OC(=O)c2ccc(Cl)cc2Cl)cc1. The van der Waals surface area contributed by atoms with Gasteiger partial charge >= 0.3 is 11.9 Å². The lowest BCUT2D eigenvalue weighted by atomic mass is 10.1. The number of ketones is 1. The number of amides is 1. The second-order valence-corrected chi connectivity index (χ2v) is 9.23. The highest BCUT2D eigenvalue weighted by Crippen LogP contribution is 2.28. The first-order valence-electron chi connectivity index (χ1n) is 10.7. The third-order valence-corrected chi connectivity index (χ3v) is 6.24. The zero-order valence-electron chi connectivity index (χ0n) is 18.6. The van der Waals surface area contributed by atoms with E-state index in [-0.39, 0.29) is 40.8 Å². The van der Waals surface area contributed by atoms with Crippen molar-refractivity contribution in [1.29, 1.82) is 0 Å². The summed E-state index contributed by atoms with van der Waals surface area (Å²) in [6.45, 7) is -0.343.